The van der Waals surface area contributed by atoms with Crippen LogP contribution >= 0.6 is 0 Å². The topological polar surface area (TPSA) is 61.4 Å². The second-order valence-corrected chi connectivity index (χ2v) is 9.05. The van der Waals surface area contributed by atoms with E-state index in [0.717, 1.165) is 23.2 Å². The molecule has 5 aliphatic rings. The Hall–Kier alpha value is -2.04. The largest absolute Gasteiger partial charge is 0.369 e. The Labute approximate surface area is 153 Å². The van der Waals surface area contributed by atoms with Crippen LogP contribution in [0.4, 0.5) is 11.4 Å². The zero-order chi connectivity index (χ0) is 17.5. The van der Waals surface area contributed by atoms with E-state index in [9.17, 15) is 9.59 Å². The van der Waals surface area contributed by atoms with Gasteiger partial charge in [0.05, 0.1) is 11.4 Å². The quantitative estimate of drug-likeness (QED) is 0.818. The SMILES string of the molecule is O=C(C1[C@@H]2[C@H]3CC[C@H](C3)[C@H]12)N1CCC2(CC1)Nc1ccccc1NC2=O. The Balaban J connectivity index is 1.15. The van der Waals surface area contributed by atoms with E-state index in [2.05, 4.69) is 10.6 Å². The van der Waals surface area contributed by atoms with Crippen molar-refractivity contribution in [2.45, 2.75) is 37.6 Å². The molecule has 2 heterocycles. The van der Waals surface area contributed by atoms with Crippen molar-refractivity contribution in [3.8, 4) is 0 Å². The minimum absolute atomic E-state index is 0.0460. The Morgan fingerprint density at radius 2 is 1.69 bits per heavy atom. The number of anilines is 2. The molecule has 2 aliphatic heterocycles. The summed E-state index contributed by atoms with van der Waals surface area (Å²) in [5.41, 5.74) is 1.27. The van der Waals surface area contributed by atoms with Crippen LogP contribution in [0, 0.1) is 29.6 Å². The molecule has 0 aromatic heterocycles. The van der Waals surface area contributed by atoms with Crippen LogP contribution in [-0.4, -0.2) is 35.3 Å². The summed E-state index contributed by atoms with van der Waals surface area (Å²) >= 11 is 0. The minimum Gasteiger partial charge on any atom is -0.369 e. The van der Waals surface area contributed by atoms with Gasteiger partial charge in [-0.25, -0.2) is 0 Å². The highest BCUT2D eigenvalue weighted by atomic mass is 16.2. The molecule has 26 heavy (non-hydrogen) atoms. The maximum atomic E-state index is 13.0. The number of nitrogens with zero attached hydrogens (tertiary/aromatic N) is 1. The number of hydrogen-bond acceptors (Lipinski definition) is 3. The van der Waals surface area contributed by atoms with Gasteiger partial charge in [-0.1, -0.05) is 12.1 Å². The highest BCUT2D eigenvalue weighted by Crippen LogP contribution is 2.69. The molecule has 3 saturated carbocycles. The highest BCUT2D eigenvalue weighted by Gasteiger charge is 2.68. The molecule has 1 saturated heterocycles. The van der Waals surface area contributed by atoms with E-state index < -0.39 is 5.54 Å². The molecule has 2 N–H and O–H groups in total. The number of piperidine rings is 1. The van der Waals surface area contributed by atoms with Crippen LogP contribution in [0.2, 0.25) is 0 Å². The second-order valence-electron chi connectivity index (χ2n) is 9.05. The maximum Gasteiger partial charge on any atom is 0.250 e. The monoisotopic (exact) mass is 351 g/mol. The van der Waals surface area contributed by atoms with Crippen LogP contribution < -0.4 is 10.6 Å². The summed E-state index contributed by atoms with van der Waals surface area (Å²) in [5, 5.41) is 6.53. The number of para-hydroxylation sites is 2. The number of fused-ring (bicyclic) bond motifs is 6. The number of benzene rings is 1. The van der Waals surface area contributed by atoms with E-state index in [1.807, 2.05) is 29.2 Å². The van der Waals surface area contributed by atoms with Crippen LogP contribution in [0.15, 0.2) is 24.3 Å². The van der Waals surface area contributed by atoms with Crippen molar-refractivity contribution in [1.82, 2.24) is 4.90 Å². The summed E-state index contributed by atoms with van der Waals surface area (Å²) in [7, 11) is 0. The van der Waals surface area contributed by atoms with Crippen molar-refractivity contribution in [2.75, 3.05) is 23.7 Å². The van der Waals surface area contributed by atoms with Crippen molar-refractivity contribution in [1.29, 1.82) is 0 Å². The summed E-state index contributed by atoms with van der Waals surface area (Å²) in [6.07, 6.45) is 5.46. The number of carbonyl (C=O) groups excluding carboxylic acids is 2. The van der Waals surface area contributed by atoms with E-state index in [1.165, 1.54) is 19.3 Å². The van der Waals surface area contributed by atoms with Crippen molar-refractivity contribution in [3.05, 3.63) is 24.3 Å². The number of rotatable bonds is 1. The molecule has 5 atom stereocenters. The zero-order valence-corrected chi connectivity index (χ0v) is 14.9. The minimum atomic E-state index is -0.566. The average Bonchev–Trinajstić information content (AvgIpc) is 3.09. The van der Waals surface area contributed by atoms with Crippen LogP contribution in [-0.2, 0) is 9.59 Å². The molecule has 6 rings (SSSR count). The second kappa shape index (κ2) is 5.02. The molecule has 4 fully saturated rings. The van der Waals surface area contributed by atoms with E-state index in [0.29, 0.717) is 49.6 Å². The van der Waals surface area contributed by atoms with Crippen molar-refractivity contribution < 1.29 is 9.59 Å². The van der Waals surface area contributed by atoms with Crippen LogP contribution in [0.25, 0.3) is 0 Å². The average molecular weight is 351 g/mol. The van der Waals surface area contributed by atoms with Gasteiger partial charge in [-0.2, -0.15) is 0 Å². The van der Waals surface area contributed by atoms with Gasteiger partial charge in [-0.05, 0) is 67.9 Å². The molecule has 0 radical (unpaired) electrons. The number of hydrogen-bond donors (Lipinski definition) is 2. The van der Waals surface area contributed by atoms with Crippen molar-refractivity contribution in [2.24, 2.45) is 29.6 Å². The van der Waals surface area contributed by atoms with Gasteiger partial charge in [-0.15, -0.1) is 0 Å². The molecule has 3 aliphatic carbocycles. The van der Waals surface area contributed by atoms with Gasteiger partial charge in [0.1, 0.15) is 5.54 Å². The summed E-state index contributed by atoms with van der Waals surface area (Å²) in [5.74, 6) is 3.78. The number of carbonyl (C=O) groups is 2. The van der Waals surface area contributed by atoms with Gasteiger partial charge in [0.2, 0.25) is 11.8 Å². The summed E-state index contributed by atoms with van der Waals surface area (Å²) < 4.78 is 0. The first-order valence-electron chi connectivity index (χ1n) is 10.1. The molecule has 1 aromatic rings. The van der Waals surface area contributed by atoms with Crippen LogP contribution in [0.3, 0.4) is 0 Å². The summed E-state index contributed by atoms with van der Waals surface area (Å²) in [4.78, 5) is 27.8. The summed E-state index contributed by atoms with van der Waals surface area (Å²) in [6, 6.07) is 7.84. The fourth-order valence-electron chi connectivity index (χ4n) is 6.58. The van der Waals surface area contributed by atoms with E-state index >= 15 is 0 Å². The third-order valence-electron chi connectivity index (χ3n) is 7.93. The molecule has 1 aromatic carbocycles. The van der Waals surface area contributed by atoms with Gasteiger partial charge in [0, 0.05) is 19.0 Å². The first-order valence-corrected chi connectivity index (χ1v) is 10.1. The molecule has 1 unspecified atom stereocenters. The molecular weight excluding hydrogens is 326 g/mol. The standard InChI is InChI=1S/C21H25N3O2/c25-19(18-16-12-5-6-13(11-12)17(16)18)24-9-7-21(8-10-24)20(26)22-14-3-1-2-4-15(14)23-21/h1-4,12-13,16-18,23H,5-11H2,(H,22,26)/t12-,13+,16+,17-,18?. The molecule has 5 nitrogen and oxygen atoms in total. The fourth-order valence-corrected chi connectivity index (χ4v) is 6.58. The van der Waals surface area contributed by atoms with Gasteiger partial charge >= 0.3 is 0 Å². The van der Waals surface area contributed by atoms with E-state index in [1.54, 1.807) is 0 Å². The van der Waals surface area contributed by atoms with Crippen LogP contribution in [0.5, 0.6) is 0 Å². The Bertz CT molecular complexity index is 782. The van der Waals surface area contributed by atoms with Crippen molar-refractivity contribution >= 4 is 23.2 Å². The normalized spacial score (nSPS) is 38.4. The maximum absolute atomic E-state index is 13.0. The molecule has 5 heteroatoms. The lowest BCUT2D eigenvalue weighted by molar-refractivity contribution is -0.137. The fraction of sp³-hybridized carbons (Fsp3) is 0.619. The van der Waals surface area contributed by atoms with Gasteiger partial charge in [0.15, 0.2) is 0 Å². The lowest BCUT2D eigenvalue weighted by Crippen LogP contribution is -2.59. The Morgan fingerprint density at radius 1 is 1.04 bits per heavy atom. The molecule has 1 spiro atoms. The van der Waals surface area contributed by atoms with Crippen molar-refractivity contribution in [3.63, 3.8) is 0 Å². The van der Waals surface area contributed by atoms with E-state index in [-0.39, 0.29) is 5.91 Å². The van der Waals surface area contributed by atoms with E-state index in [4.69, 9.17) is 0 Å². The third kappa shape index (κ3) is 1.92. The number of likely N-dealkylation sites (tertiary alicyclic amines) is 1. The van der Waals surface area contributed by atoms with Gasteiger partial charge < -0.3 is 15.5 Å². The zero-order valence-electron chi connectivity index (χ0n) is 14.9. The molecule has 136 valence electrons. The molecular formula is C21H25N3O2. The predicted molar refractivity (Wildman–Crippen MR) is 98.5 cm³/mol. The lowest BCUT2D eigenvalue weighted by Gasteiger charge is -2.44. The number of nitrogens with one attached hydrogen (secondary N) is 2. The van der Waals surface area contributed by atoms with Gasteiger partial charge in [0.25, 0.3) is 0 Å². The highest BCUT2D eigenvalue weighted by molar-refractivity contribution is 6.06. The third-order valence-corrected chi connectivity index (χ3v) is 7.93. The smallest absolute Gasteiger partial charge is 0.250 e. The molecule has 2 amide bonds. The van der Waals surface area contributed by atoms with Crippen LogP contribution in [0.1, 0.15) is 32.1 Å². The molecule has 2 bridgehead atoms. The number of amides is 2. The first kappa shape index (κ1) is 15.1. The first-order chi connectivity index (χ1) is 12.7. The summed E-state index contributed by atoms with van der Waals surface area (Å²) in [6.45, 7) is 1.37. The Kier molecular flexibility index (Phi) is 2.91. The Morgan fingerprint density at radius 3 is 2.38 bits per heavy atom. The lowest BCUT2D eigenvalue weighted by atomic mass is 9.84. The van der Waals surface area contributed by atoms with Gasteiger partial charge in [-0.3, -0.25) is 9.59 Å². The predicted octanol–water partition coefficient (Wildman–Crippen LogP) is 2.70.